The van der Waals surface area contributed by atoms with Crippen molar-refractivity contribution in [1.29, 1.82) is 0 Å². The SMILES string of the molecule is Cc1c(-c2ccc(SCCNC(=O)OC(C)(C)C)cc2)nc2n1CCc1ccccc1C2OC1CCN(C)CC1. The first kappa shape index (κ1) is 28.7. The molecule has 1 aromatic heterocycles. The molecule has 3 heterocycles. The van der Waals surface area contributed by atoms with Crippen LogP contribution < -0.4 is 5.32 Å². The minimum absolute atomic E-state index is 0.160. The van der Waals surface area contributed by atoms with E-state index in [1.54, 1.807) is 11.8 Å². The summed E-state index contributed by atoms with van der Waals surface area (Å²) in [6.45, 7) is 11.4. The summed E-state index contributed by atoms with van der Waals surface area (Å²) in [7, 11) is 2.18. The van der Waals surface area contributed by atoms with Gasteiger partial charge in [0.05, 0.1) is 11.8 Å². The summed E-state index contributed by atoms with van der Waals surface area (Å²) in [4.78, 5) is 20.7. The van der Waals surface area contributed by atoms with Crippen molar-refractivity contribution < 1.29 is 14.3 Å². The van der Waals surface area contributed by atoms with Crippen molar-refractivity contribution >= 4 is 17.9 Å². The molecule has 1 amide bonds. The van der Waals surface area contributed by atoms with Gasteiger partial charge in [0.1, 0.15) is 17.5 Å². The van der Waals surface area contributed by atoms with Gasteiger partial charge < -0.3 is 24.3 Å². The normalized spacial score (nSPS) is 18.1. The van der Waals surface area contributed by atoms with Gasteiger partial charge in [0.25, 0.3) is 0 Å². The minimum atomic E-state index is -0.487. The first-order chi connectivity index (χ1) is 19.2. The average Bonchev–Trinajstić information content (AvgIpc) is 3.16. The zero-order chi connectivity index (χ0) is 28.3. The van der Waals surface area contributed by atoms with Crippen LogP contribution in [0.4, 0.5) is 4.79 Å². The molecule has 0 bridgehead atoms. The molecule has 7 nitrogen and oxygen atoms in total. The van der Waals surface area contributed by atoms with Crippen LogP contribution in [0.3, 0.4) is 0 Å². The maximum atomic E-state index is 11.9. The number of imidazole rings is 1. The number of nitrogens with one attached hydrogen (secondary N) is 1. The van der Waals surface area contributed by atoms with Gasteiger partial charge in [-0.05, 0) is 77.3 Å². The molecule has 5 rings (SSSR count). The molecule has 1 saturated heterocycles. The summed E-state index contributed by atoms with van der Waals surface area (Å²) in [6, 6.07) is 17.3. The second kappa shape index (κ2) is 12.4. The number of hydrogen-bond acceptors (Lipinski definition) is 6. The molecule has 0 radical (unpaired) electrons. The summed E-state index contributed by atoms with van der Waals surface area (Å²) in [5, 5.41) is 2.82. The third kappa shape index (κ3) is 6.90. The molecule has 0 saturated carbocycles. The number of fused-ring (bicyclic) bond motifs is 2. The first-order valence-corrected chi connectivity index (χ1v) is 15.4. The van der Waals surface area contributed by atoms with Gasteiger partial charge in [-0.25, -0.2) is 9.78 Å². The lowest BCUT2D eigenvalue weighted by molar-refractivity contribution is -0.0276. The summed E-state index contributed by atoms with van der Waals surface area (Å²) in [5.74, 6) is 1.79. The van der Waals surface area contributed by atoms with Crippen LogP contribution in [0, 0.1) is 6.92 Å². The second-order valence-electron chi connectivity index (χ2n) is 11.8. The van der Waals surface area contributed by atoms with Crippen LogP contribution in [-0.2, 0) is 22.4 Å². The molecule has 0 aliphatic carbocycles. The molecule has 2 aromatic carbocycles. The van der Waals surface area contributed by atoms with Gasteiger partial charge in [0.2, 0.25) is 0 Å². The lowest BCUT2D eigenvalue weighted by Gasteiger charge is -2.32. The highest BCUT2D eigenvalue weighted by atomic mass is 32.2. The van der Waals surface area contributed by atoms with Gasteiger partial charge in [-0.2, -0.15) is 0 Å². The molecular formula is C32H42N4O3S. The first-order valence-electron chi connectivity index (χ1n) is 14.4. The van der Waals surface area contributed by atoms with E-state index in [1.165, 1.54) is 16.8 Å². The average molecular weight is 563 g/mol. The van der Waals surface area contributed by atoms with E-state index in [4.69, 9.17) is 14.5 Å². The van der Waals surface area contributed by atoms with Crippen molar-refractivity contribution in [1.82, 2.24) is 19.8 Å². The van der Waals surface area contributed by atoms with Crippen molar-refractivity contribution in [2.45, 2.75) is 76.2 Å². The smallest absolute Gasteiger partial charge is 0.407 e. The van der Waals surface area contributed by atoms with Crippen LogP contribution in [0.5, 0.6) is 0 Å². The number of piperidine rings is 1. The van der Waals surface area contributed by atoms with E-state index in [0.29, 0.717) is 6.54 Å². The molecule has 8 heteroatoms. The number of rotatable bonds is 7. The number of aromatic nitrogens is 2. The number of ether oxygens (including phenoxy) is 2. The topological polar surface area (TPSA) is 68.6 Å². The van der Waals surface area contributed by atoms with Crippen LogP contribution >= 0.6 is 11.8 Å². The zero-order valence-electron chi connectivity index (χ0n) is 24.4. The summed E-state index contributed by atoms with van der Waals surface area (Å²) in [6.07, 6.45) is 2.77. The predicted octanol–water partition coefficient (Wildman–Crippen LogP) is 6.23. The molecule has 3 aromatic rings. The fourth-order valence-electron chi connectivity index (χ4n) is 5.49. The monoisotopic (exact) mass is 562 g/mol. The van der Waals surface area contributed by atoms with Crippen LogP contribution in [-0.4, -0.2) is 64.7 Å². The molecule has 1 unspecified atom stereocenters. The highest BCUT2D eigenvalue weighted by Gasteiger charge is 2.32. The van der Waals surface area contributed by atoms with E-state index >= 15 is 0 Å². The standard InChI is InChI=1S/C32H42N4O3S/c1-22-28(24-10-12-26(13-11-24)40-21-17-33-31(37)39-32(2,3)4)34-30-29(38-25-15-18-35(5)19-16-25)27-9-7-6-8-23(27)14-20-36(22)30/h6-13,25,29H,14-21H2,1-5H3,(H,33,37). The fraction of sp³-hybridized carbons (Fsp3) is 0.500. The van der Waals surface area contributed by atoms with Crippen molar-refractivity contribution in [2.24, 2.45) is 0 Å². The number of benzene rings is 2. The van der Waals surface area contributed by atoms with Gasteiger partial charge in [0.15, 0.2) is 0 Å². The molecule has 1 N–H and O–H groups in total. The molecule has 40 heavy (non-hydrogen) atoms. The quantitative estimate of drug-likeness (QED) is 0.272. The third-order valence-corrected chi connectivity index (χ3v) is 8.60. The van der Waals surface area contributed by atoms with Gasteiger partial charge in [0, 0.05) is 48.1 Å². The number of alkyl carbamates (subject to hydrolysis) is 1. The lowest BCUT2D eigenvalue weighted by atomic mass is 10.00. The maximum absolute atomic E-state index is 11.9. The Morgan fingerprint density at radius 3 is 2.52 bits per heavy atom. The van der Waals surface area contributed by atoms with Gasteiger partial charge in [-0.15, -0.1) is 11.8 Å². The second-order valence-corrected chi connectivity index (χ2v) is 13.0. The number of thioether (sulfide) groups is 1. The van der Waals surface area contributed by atoms with Crippen LogP contribution in [0.1, 0.15) is 62.4 Å². The zero-order valence-corrected chi connectivity index (χ0v) is 25.2. The number of amides is 1. The van der Waals surface area contributed by atoms with Crippen LogP contribution in [0.25, 0.3) is 11.3 Å². The summed E-state index contributed by atoms with van der Waals surface area (Å²) < 4.78 is 14.6. The molecule has 1 fully saturated rings. The lowest BCUT2D eigenvalue weighted by Crippen LogP contribution is -2.35. The molecule has 1 atom stereocenters. The Kier molecular flexibility index (Phi) is 8.88. The minimum Gasteiger partial charge on any atom is -0.444 e. The Morgan fingerprint density at radius 2 is 1.80 bits per heavy atom. The van der Waals surface area contributed by atoms with Gasteiger partial charge in [-0.1, -0.05) is 36.4 Å². The molecule has 0 spiro atoms. The van der Waals surface area contributed by atoms with E-state index in [2.05, 4.69) is 77.3 Å². The molecule has 2 aliphatic rings. The predicted molar refractivity (Wildman–Crippen MR) is 161 cm³/mol. The Balaban J connectivity index is 1.31. The van der Waals surface area contributed by atoms with Gasteiger partial charge >= 0.3 is 6.09 Å². The van der Waals surface area contributed by atoms with Crippen molar-refractivity contribution in [3.63, 3.8) is 0 Å². The maximum Gasteiger partial charge on any atom is 0.407 e. The highest BCUT2D eigenvalue weighted by molar-refractivity contribution is 7.99. The van der Waals surface area contributed by atoms with Gasteiger partial charge in [-0.3, -0.25) is 0 Å². The number of aryl methyl sites for hydroxylation is 1. The van der Waals surface area contributed by atoms with E-state index in [9.17, 15) is 4.79 Å². The Morgan fingerprint density at radius 1 is 1.07 bits per heavy atom. The molecular weight excluding hydrogens is 520 g/mol. The number of nitrogens with zero attached hydrogens (tertiary/aromatic N) is 3. The van der Waals surface area contributed by atoms with Crippen LogP contribution in [0.15, 0.2) is 53.4 Å². The number of carbonyl (C=O) groups is 1. The number of likely N-dealkylation sites (tertiary alicyclic amines) is 1. The van der Waals surface area contributed by atoms with E-state index in [-0.39, 0.29) is 18.3 Å². The van der Waals surface area contributed by atoms with Crippen LogP contribution in [0.2, 0.25) is 0 Å². The Labute approximate surface area is 242 Å². The van der Waals surface area contributed by atoms with E-state index in [0.717, 1.165) is 66.6 Å². The van der Waals surface area contributed by atoms with Crippen molar-refractivity contribution in [3.05, 3.63) is 71.2 Å². The molecule has 2 aliphatic heterocycles. The third-order valence-electron chi connectivity index (χ3n) is 7.59. The fourth-order valence-corrected chi connectivity index (χ4v) is 6.26. The Bertz CT molecular complexity index is 1310. The number of hydrogen-bond donors (Lipinski definition) is 1. The van der Waals surface area contributed by atoms with E-state index in [1.807, 2.05) is 20.8 Å². The summed E-state index contributed by atoms with van der Waals surface area (Å²) >= 11 is 1.71. The van der Waals surface area contributed by atoms with Crippen molar-refractivity contribution in [2.75, 3.05) is 32.4 Å². The van der Waals surface area contributed by atoms with Crippen molar-refractivity contribution in [3.8, 4) is 11.3 Å². The largest absolute Gasteiger partial charge is 0.444 e. The number of carbonyl (C=O) groups excluding carboxylic acids is 1. The Hall–Kier alpha value is -2.81. The molecule has 214 valence electrons. The van der Waals surface area contributed by atoms with E-state index < -0.39 is 5.60 Å². The summed E-state index contributed by atoms with van der Waals surface area (Å²) in [5.41, 5.74) is 5.44. The highest BCUT2D eigenvalue weighted by Crippen LogP contribution is 2.37.